The van der Waals surface area contributed by atoms with Crippen molar-refractivity contribution in [2.24, 2.45) is 17.3 Å². The van der Waals surface area contributed by atoms with Crippen molar-refractivity contribution in [3.05, 3.63) is 48.0 Å². The molecular weight excluding hydrogens is 909 g/mol. The van der Waals surface area contributed by atoms with Crippen LogP contribution in [-0.4, -0.2) is 116 Å². The zero-order chi connectivity index (χ0) is 50.3. The molecule has 1 aromatic carbocycles. The van der Waals surface area contributed by atoms with Gasteiger partial charge < -0.3 is 43.4 Å². The van der Waals surface area contributed by atoms with Gasteiger partial charge in [0, 0.05) is 32.1 Å². The summed E-state index contributed by atoms with van der Waals surface area (Å²) in [6, 6.07) is 9.57. The zero-order valence-electron chi connectivity index (χ0n) is 40.1. The largest absolute Gasteiger partial charge is 0.508 e. The summed E-state index contributed by atoms with van der Waals surface area (Å²) >= 11 is 0. The van der Waals surface area contributed by atoms with Crippen molar-refractivity contribution >= 4 is 24.1 Å². The highest BCUT2D eigenvalue weighted by molar-refractivity contribution is 5.71. The average Bonchev–Trinajstić information content (AvgIpc) is 3.56. The Kier molecular flexibility index (Phi) is 23.8. The predicted molar refractivity (Wildman–Crippen MR) is 245 cm³/mol. The van der Waals surface area contributed by atoms with E-state index in [2.05, 4.69) is 11.8 Å². The number of alkyl halides is 4. The number of aryl methyl sites for hydroxylation is 1. The molecule has 0 heterocycles. The van der Waals surface area contributed by atoms with Gasteiger partial charge >= 0.3 is 35.9 Å². The lowest BCUT2D eigenvalue weighted by Gasteiger charge is -2.29. The Bertz CT molecular complexity index is 1850. The fraction of sp³-hybridized carbons (Fsp3) is 0.692. The number of carbonyl (C=O) groups excluding carboxylic acids is 4. The highest BCUT2D eigenvalue weighted by atomic mass is 19.3. The van der Waals surface area contributed by atoms with E-state index in [9.17, 15) is 47.0 Å². The minimum Gasteiger partial charge on any atom is -0.463 e. The molecule has 3 aliphatic carbocycles. The molecule has 4 rings (SSSR count). The first kappa shape index (κ1) is 56.9. The second-order valence-corrected chi connectivity index (χ2v) is 18.9. The molecule has 2 N–H and O–H groups in total. The summed E-state index contributed by atoms with van der Waals surface area (Å²) in [5.41, 5.74) is -0.357. The molecule has 0 aliphatic heterocycles. The second-order valence-electron chi connectivity index (χ2n) is 18.9. The van der Waals surface area contributed by atoms with E-state index in [1.54, 1.807) is 13.8 Å². The van der Waals surface area contributed by atoms with Crippen LogP contribution in [0.25, 0.3) is 0 Å². The van der Waals surface area contributed by atoms with E-state index in [0.717, 1.165) is 5.56 Å². The van der Waals surface area contributed by atoms with Gasteiger partial charge in [0.25, 0.3) is 0 Å². The SMILES string of the molecule is CC(C)OC(=O)CCC/C=C\C[C@@H]1[C@@H](CC[C@H](CCc2ccccc2)OC(=O)OCC(C)(COC(=O)COC2CCC#CC(F)(F)CC2)COC(=O)COC2CCC#CC(F)(F)CC2)[C@H](O)C[C@@H]1O. The Labute approximate surface area is 403 Å². The van der Waals surface area contributed by atoms with Gasteiger partial charge in [-0.1, -0.05) is 54.3 Å². The van der Waals surface area contributed by atoms with Crippen LogP contribution in [0.2, 0.25) is 0 Å². The maximum Gasteiger partial charge on any atom is 0.508 e. The van der Waals surface area contributed by atoms with Gasteiger partial charge in [-0.2, -0.15) is 17.6 Å². The molecule has 0 radical (unpaired) electrons. The Morgan fingerprint density at radius 3 is 1.90 bits per heavy atom. The van der Waals surface area contributed by atoms with Crippen LogP contribution in [0.1, 0.15) is 129 Å². The maximum atomic E-state index is 13.9. The summed E-state index contributed by atoms with van der Waals surface area (Å²) in [6.45, 7) is 2.64. The van der Waals surface area contributed by atoms with Gasteiger partial charge in [-0.15, -0.1) is 0 Å². The number of hydrogen-bond acceptors (Lipinski definition) is 13. The average molecular weight is 979 g/mol. The molecule has 17 heteroatoms. The molecule has 1 saturated carbocycles. The smallest absolute Gasteiger partial charge is 0.463 e. The van der Waals surface area contributed by atoms with Crippen LogP contribution in [0.4, 0.5) is 22.4 Å². The second kappa shape index (κ2) is 28.9. The van der Waals surface area contributed by atoms with Gasteiger partial charge in [0.05, 0.1) is 35.9 Å². The van der Waals surface area contributed by atoms with Gasteiger partial charge in [0.1, 0.15) is 39.1 Å². The van der Waals surface area contributed by atoms with Crippen molar-refractivity contribution in [1.29, 1.82) is 0 Å². The zero-order valence-corrected chi connectivity index (χ0v) is 40.1. The number of esters is 3. The van der Waals surface area contributed by atoms with E-state index in [-0.39, 0.29) is 56.0 Å². The van der Waals surface area contributed by atoms with E-state index >= 15 is 0 Å². The lowest BCUT2D eigenvalue weighted by atomic mass is 9.85. The van der Waals surface area contributed by atoms with E-state index in [1.165, 1.54) is 6.92 Å². The minimum atomic E-state index is -3.16. The van der Waals surface area contributed by atoms with E-state index in [1.807, 2.05) is 54.3 Å². The lowest BCUT2D eigenvalue weighted by molar-refractivity contribution is -0.163. The van der Waals surface area contributed by atoms with Crippen molar-refractivity contribution in [3.8, 4) is 23.7 Å². The van der Waals surface area contributed by atoms with Crippen LogP contribution < -0.4 is 0 Å². The van der Waals surface area contributed by atoms with Gasteiger partial charge in [-0.3, -0.25) is 4.79 Å². The molecule has 13 nitrogen and oxygen atoms in total. The van der Waals surface area contributed by atoms with Crippen LogP contribution in [0.3, 0.4) is 0 Å². The van der Waals surface area contributed by atoms with Crippen LogP contribution in [0.5, 0.6) is 0 Å². The first-order valence-corrected chi connectivity index (χ1v) is 24.2. The molecule has 69 heavy (non-hydrogen) atoms. The fourth-order valence-corrected chi connectivity index (χ4v) is 8.35. The molecule has 2 unspecified atom stereocenters. The highest BCUT2D eigenvalue weighted by Gasteiger charge is 2.41. The lowest BCUT2D eigenvalue weighted by Crippen LogP contribution is -2.38. The van der Waals surface area contributed by atoms with E-state index in [4.69, 9.17) is 33.2 Å². The van der Waals surface area contributed by atoms with Crippen molar-refractivity contribution in [3.63, 3.8) is 0 Å². The Morgan fingerprint density at radius 2 is 1.32 bits per heavy atom. The number of unbranched alkanes of at least 4 members (excludes halogenated alkanes) is 1. The third-order valence-corrected chi connectivity index (χ3v) is 12.3. The molecule has 1 fully saturated rings. The summed E-state index contributed by atoms with van der Waals surface area (Å²) in [4.78, 5) is 51.2. The molecule has 3 aliphatic rings. The molecule has 7 atom stereocenters. The first-order chi connectivity index (χ1) is 32.8. The van der Waals surface area contributed by atoms with Crippen molar-refractivity contribution in [2.75, 3.05) is 33.0 Å². The fourth-order valence-electron chi connectivity index (χ4n) is 8.35. The number of ether oxygens (including phenoxy) is 7. The minimum absolute atomic E-state index is 0.0225. The number of benzene rings is 1. The van der Waals surface area contributed by atoms with Crippen LogP contribution >= 0.6 is 0 Å². The summed E-state index contributed by atoms with van der Waals surface area (Å²) in [5.74, 6) is -0.0958. The van der Waals surface area contributed by atoms with Gasteiger partial charge in [0.2, 0.25) is 0 Å². The number of halogens is 4. The van der Waals surface area contributed by atoms with Crippen LogP contribution in [0.15, 0.2) is 42.5 Å². The summed E-state index contributed by atoms with van der Waals surface area (Å²) in [7, 11) is 0. The van der Waals surface area contributed by atoms with Crippen LogP contribution in [0, 0.1) is 40.9 Å². The maximum absolute atomic E-state index is 13.9. The molecule has 0 amide bonds. The molecule has 0 spiro atoms. The highest BCUT2D eigenvalue weighted by Crippen LogP contribution is 2.39. The van der Waals surface area contributed by atoms with Crippen LogP contribution in [-0.2, 0) is 54.0 Å². The van der Waals surface area contributed by atoms with Gasteiger partial charge in [-0.25, -0.2) is 14.4 Å². The van der Waals surface area contributed by atoms with E-state index in [0.29, 0.717) is 64.2 Å². The quantitative estimate of drug-likeness (QED) is 0.0226. The van der Waals surface area contributed by atoms with E-state index < -0.39 is 112 Å². The standard InChI is InChI=1S/C52H70F4O13/c1-37(2)68-46(59)20-10-5-4-9-19-42-43(45(58)31-44(42)57)24-23-41(22-21-38-15-7-6-8-16-38)69-49(62)67-36-50(3,34-65-47(60)32-63-39-17-11-13-27-51(53,54)29-25-39)35-66-48(61)33-64-40-18-12-14-28-52(55,56)30-26-40/h4,6-9,15-16,37,39-45,57-58H,5,10-12,17-26,29-36H2,1-3H3/b9-4-/t39?,40?,41-,42+,43+,44-,45+,50?/m0/s1. The summed E-state index contributed by atoms with van der Waals surface area (Å²) in [5, 5.41) is 21.9. The number of aliphatic hydroxyl groups excluding tert-OH is 2. The Balaban J connectivity index is 1.37. The normalized spacial score (nSPS) is 24.4. The van der Waals surface area contributed by atoms with Crippen molar-refractivity contribution in [2.45, 2.75) is 178 Å². The number of rotatable bonds is 26. The predicted octanol–water partition coefficient (Wildman–Crippen LogP) is 8.64. The topological polar surface area (TPSA) is 173 Å². The molecule has 0 saturated heterocycles. The van der Waals surface area contributed by atoms with Gasteiger partial charge in [0.15, 0.2) is 0 Å². The number of aliphatic hydroxyl groups is 2. The number of carbonyl (C=O) groups is 4. The first-order valence-electron chi connectivity index (χ1n) is 24.2. The third kappa shape index (κ3) is 22.7. The van der Waals surface area contributed by atoms with Crippen molar-refractivity contribution in [1.82, 2.24) is 0 Å². The van der Waals surface area contributed by atoms with Gasteiger partial charge in [-0.05, 0) is 127 Å². The summed E-state index contributed by atoms with van der Waals surface area (Å²) in [6.07, 6.45) is 3.04. The monoisotopic (exact) mass is 978 g/mol. The Hall–Kier alpha value is -4.68. The molecule has 384 valence electrons. The molecular formula is C52H70F4O13. The molecule has 0 aromatic heterocycles. The molecule has 0 bridgehead atoms. The number of hydrogen-bond donors (Lipinski definition) is 2. The Morgan fingerprint density at radius 1 is 0.754 bits per heavy atom. The summed E-state index contributed by atoms with van der Waals surface area (Å²) < 4.78 is 94.4. The number of allylic oxidation sites excluding steroid dienone is 2. The molecule has 1 aromatic rings. The third-order valence-electron chi connectivity index (χ3n) is 12.3. The van der Waals surface area contributed by atoms with Crippen molar-refractivity contribution < 1.29 is 80.1 Å².